The van der Waals surface area contributed by atoms with E-state index in [1.165, 1.54) is 6.92 Å². The van der Waals surface area contributed by atoms with Crippen molar-refractivity contribution < 1.29 is 19.1 Å². The fraction of sp³-hybridized carbons (Fsp3) is 0.300. The second kappa shape index (κ2) is 7.30. The summed E-state index contributed by atoms with van der Waals surface area (Å²) in [5.74, 6) is 0.383. The summed E-state index contributed by atoms with van der Waals surface area (Å²) in [5.41, 5.74) is 3.04. The molecule has 0 bridgehead atoms. The zero-order chi connectivity index (χ0) is 17.7. The van der Waals surface area contributed by atoms with Gasteiger partial charge in [-0.3, -0.25) is 9.59 Å². The van der Waals surface area contributed by atoms with Gasteiger partial charge in [0.15, 0.2) is 0 Å². The number of carbonyl (C=O) groups excluding carboxylic acids is 2. The topological polar surface area (TPSA) is 52.6 Å². The molecule has 0 radical (unpaired) electrons. The number of carbonyl (C=O) groups is 2. The van der Waals surface area contributed by atoms with E-state index in [1.54, 1.807) is 19.9 Å². The molecular weight excluding hydrogens is 304 g/mol. The van der Waals surface area contributed by atoms with Crippen molar-refractivity contribution in [3.05, 3.63) is 53.6 Å². The number of esters is 1. The number of hydrogen-bond acceptors (Lipinski definition) is 4. The fourth-order valence-electron chi connectivity index (χ4n) is 2.51. The van der Waals surface area contributed by atoms with Gasteiger partial charge in [0, 0.05) is 12.5 Å². The molecule has 24 heavy (non-hydrogen) atoms. The van der Waals surface area contributed by atoms with E-state index in [0.29, 0.717) is 11.3 Å². The molecule has 0 N–H and O–H groups in total. The zero-order valence-electron chi connectivity index (χ0n) is 14.5. The van der Waals surface area contributed by atoms with Crippen molar-refractivity contribution in [2.24, 2.45) is 0 Å². The summed E-state index contributed by atoms with van der Waals surface area (Å²) in [7, 11) is 0. The molecular formula is C20H22O4. The van der Waals surface area contributed by atoms with Crippen molar-refractivity contribution >= 4 is 12.3 Å². The number of hydrogen-bond donors (Lipinski definition) is 0. The van der Waals surface area contributed by atoms with Crippen LogP contribution in [0.3, 0.4) is 0 Å². The molecule has 0 heterocycles. The Balaban J connectivity index is 2.15. The van der Waals surface area contributed by atoms with Crippen molar-refractivity contribution in [3.63, 3.8) is 0 Å². The lowest BCUT2D eigenvalue weighted by atomic mass is 9.99. The minimum Gasteiger partial charge on any atom is -0.489 e. The van der Waals surface area contributed by atoms with Gasteiger partial charge >= 0.3 is 5.97 Å². The van der Waals surface area contributed by atoms with Gasteiger partial charge in [0.2, 0.25) is 0 Å². The van der Waals surface area contributed by atoms with Gasteiger partial charge in [0.25, 0.3) is 0 Å². The number of ether oxygens (including phenoxy) is 2. The number of benzene rings is 2. The maximum absolute atomic E-state index is 11.1. The van der Waals surface area contributed by atoms with Gasteiger partial charge in [0.1, 0.15) is 24.2 Å². The van der Waals surface area contributed by atoms with Crippen LogP contribution in [0, 0.1) is 6.92 Å². The fourth-order valence-corrected chi connectivity index (χ4v) is 2.51. The van der Waals surface area contributed by atoms with Crippen LogP contribution in [0.15, 0.2) is 42.5 Å². The van der Waals surface area contributed by atoms with Gasteiger partial charge < -0.3 is 9.47 Å². The summed E-state index contributed by atoms with van der Waals surface area (Å²) in [6.45, 7) is 7.26. The summed E-state index contributed by atoms with van der Waals surface area (Å²) in [4.78, 5) is 22.0. The van der Waals surface area contributed by atoms with Gasteiger partial charge in [-0.15, -0.1) is 0 Å². The maximum Gasteiger partial charge on any atom is 0.303 e. The van der Waals surface area contributed by atoms with E-state index in [4.69, 9.17) is 9.47 Å². The van der Waals surface area contributed by atoms with Crippen LogP contribution in [0.2, 0.25) is 0 Å². The molecule has 0 aromatic heterocycles. The van der Waals surface area contributed by atoms with Crippen molar-refractivity contribution in [2.45, 2.75) is 33.3 Å². The smallest absolute Gasteiger partial charge is 0.303 e. The Hall–Kier alpha value is -2.62. The highest BCUT2D eigenvalue weighted by Crippen LogP contribution is 2.28. The average Bonchev–Trinajstić information content (AvgIpc) is 2.52. The molecule has 0 aliphatic carbocycles. The molecule has 2 aromatic carbocycles. The summed E-state index contributed by atoms with van der Waals surface area (Å²) in [6.07, 6.45) is 0.841. The Kier molecular flexibility index (Phi) is 5.39. The average molecular weight is 326 g/mol. The van der Waals surface area contributed by atoms with E-state index in [1.807, 2.05) is 43.3 Å². The van der Waals surface area contributed by atoms with Crippen molar-refractivity contribution in [3.8, 4) is 16.9 Å². The second-order valence-electron chi connectivity index (χ2n) is 6.36. The van der Waals surface area contributed by atoms with Crippen LogP contribution >= 0.6 is 0 Å². The van der Waals surface area contributed by atoms with Crippen LogP contribution in [-0.2, 0) is 9.53 Å². The Morgan fingerprint density at radius 2 is 1.92 bits per heavy atom. The van der Waals surface area contributed by atoms with Crippen LogP contribution in [-0.4, -0.2) is 24.5 Å². The van der Waals surface area contributed by atoms with Crippen LogP contribution < -0.4 is 4.74 Å². The highest BCUT2D eigenvalue weighted by atomic mass is 16.6. The van der Waals surface area contributed by atoms with Gasteiger partial charge in [-0.1, -0.05) is 24.3 Å². The monoisotopic (exact) mass is 326 g/mol. The molecule has 0 amide bonds. The third-order valence-corrected chi connectivity index (χ3v) is 3.54. The summed E-state index contributed by atoms with van der Waals surface area (Å²) >= 11 is 0. The molecule has 4 heteroatoms. The molecule has 0 aliphatic rings. The molecule has 0 saturated carbocycles. The molecule has 0 saturated heterocycles. The van der Waals surface area contributed by atoms with E-state index in [2.05, 4.69) is 0 Å². The van der Waals surface area contributed by atoms with E-state index in [9.17, 15) is 9.59 Å². The van der Waals surface area contributed by atoms with E-state index in [-0.39, 0.29) is 12.6 Å². The largest absolute Gasteiger partial charge is 0.489 e. The summed E-state index contributed by atoms with van der Waals surface area (Å²) in [6, 6.07) is 13.3. The highest BCUT2D eigenvalue weighted by Gasteiger charge is 2.22. The highest BCUT2D eigenvalue weighted by molar-refractivity contribution is 5.79. The Labute approximate surface area is 142 Å². The molecule has 0 fully saturated rings. The quantitative estimate of drug-likeness (QED) is 0.590. The third-order valence-electron chi connectivity index (χ3n) is 3.54. The lowest BCUT2D eigenvalue weighted by Gasteiger charge is -2.24. The Morgan fingerprint density at radius 3 is 2.54 bits per heavy atom. The molecule has 4 nitrogen and oxygen atoms in total. The van der Waals surface area contributed by atoms with E-state index >= 15 is 0 Å². The first-order chi connectivity index (χ1) is 11.3. The molecule has 0 unspecified atom stereocenters. The van der Waals surface area contributed by atoms with E-state index in [0.717, 1.165) is 23.0 Å². The summed E-state index contributed by atoms with van der Waals surface area (Å²) in [5, 5.41) is 0. The number of aldehydes is 1. The Bertz CT molecular complexity index is 747. The Morgan fingerprint density at radius 1 is 1.17 bits per heavy atom. The van der Waals surface area contributed by atoms with Crippen molar-refractivity contribution in [1.82, 2.24) is 0 Å². The van der Waals surface area contributed by atoms with Crippen LogP contribution in [0.4, 0.5) is 0 Å². The van der Waals surface area contributed by atoms with Gasteiger partial charge in [-0.2, -0.15) is 0 Å². The van der Waals surface area contributed by atoms with Crippen LogP contribution in [0.25, 0.3) is 11.1 Å². The maximum atomic E-state index is 11.1. The summed E-state index contributed by atoms with van der Waals surface area (Å²) < 4.78 is 11.0. The molecule has 126 valence electrons. The van der Waals surface area contributed by atoms with Crippen LogP contribution in [0.1, 0.15) is 36.7 Å². The lowest BCUT2D eigenvalue weighted by Crippen LogP contribution is -2.34. The van der Waals surface area contributed by atoms with Crippen molar-refractivity contribution in [2.75, 3.05) is 6.61 Å². The van der Waals surface area contributed by atoms with Gasteiger partial charge in [0.05, 0.1) is 0 Å². The first-order valence-electron chi connectivity index (χ1n) is 7.79. The molecule has 0 aliphatic heterocycles. The van der Waals surface area contributed by atoms with Gasteiger partial charge in [-0.25, -0.2) is 0 Å². The zero-order valence-corrected chi connectivity index (χ0v) is 14.5. The van der Waals surface area contributed by atoms with Gasteiger partial charge in [-0.05, 0) is 55.7 Å². The minimum absolute atomic E-state index is 0.270. The van der Waals surface area contributed by atoms with Crippen LogP contribution in [0.5, 0.6) is 5.75 Å². The third kappa shape index (κ3) is 4.69. The SMILES string of the molecule is CC(=O)OC(C)(C)COc1ccc(-c2cccc(C=O)c2)c(C)c1. The van der Waals surface area contributed by atoms with E-state index < -0.39 is 5.60 Å². The number of aryl methyl sites for hydroxylation is 1. The standard InChI is InChI=1S/C20H22O4/c1-14-10-18(23-13-20(3,4)24-15(2)22)8-9-19(14)17-7-5-6-16(11-17)12-21/h5-12H,13H2,1-4H3. The predicted octanol–water partition coefficient (Wildman–Crippen LogP) is 4.20. The molecule has 2 aromatic rings. The molecule has 0 atom stereocenters. The first kappa shape index (κ1) is 17.7. The normalized spacial score (nSPS) is 11.0. The molecule has 0 spiro atoms. The molecule has 2 rings (SSSR count). The number of rotatable bonds is 6. The van der Waals surface area contributed by atoms with Crippen molar-refractivity contribution in [1.29, 1.82) is 0 Å². The predicted molar refractivity (Wildman–Crippen MR) is 93.3 cm³/mol. The lowest BCUT2D eigenvalue weighted by molar-refractivity contribution is -0.156. The minimum atomic E-state index is -0.684. The first-order valence-corrected chi connectivity index (χ1v) is 7.79. The second-order valence-corrected chi connectivity index (χ2v) is 6.36.